The smallest absolute Gasteiger partial charge is 0.333 e. The third kappa shape index (κ3) is 6.46. The molecule has 0 aliphatic heterocycles. The monoisotopic (exact) mass is 196 g/mol. The summed E-state index contributed by atoms with van der Waals surface area (Å²) in [5.41, 5.74) is 0.697. The van der Waals surface area contributed by atoms with Crippen molar-refractivity contribution in [2.75, 3.05) is 6.61 Å². The van der Waals surface area contributed by atoms with E-state index in [2.05, 4.69) is 13.5 Å². The van der Waals surface area contributed by atoms with E-state index < -0.39 is 0 Å². The number of esters is 1. The zero-order chi connectivity index (χ0) is 10.8. The quantitative estimate of drug-likeness (QED) is 0.270. The van der Waals surface area contributed by atoms with E-state index >= 15 is 0 Å². The molecule has 0 fully saturated rings. The minimum atomic E-state index is -0.235. The van der Waals surface area contributed by atoms with Crippen LogP contribution < -0.4 is 0 Å². The molecule has 0 atom stereocenters. The van der Waals surface area contributed by atoms with Crippen molar-refractivity contribution in [2.24, 2.45) is 0 Å². The maximum Gasteiger partial charge on any atom is 0.333 e. The van der Waals surface area contributed by atoms with Crippen molar-refractivity contribution in [1.82, 2.24) is 0 Å². The zero-order valence-electron chi connectivity index (χ0n) is 9.21. The molecule has 0 heterocycles. The second kappa shape index (κ2) is 8.54. The normalized spacial score (nSPS) is 11.1. The van der Waals surface area contributed by atoms with Crippen molar-refractivity contribution in [1.29, 1.82) is 0 Å². The number of allylic oxidation sites excluding steroid dienone is 1. The van der Waals surface area contributed by atoms with Crippen LogP contribution in [0.3, 0.4) is 0 Å². The van der Waals surface area contributed by atoms with E-state index in [9.17, 15) is 4.79 Å². The summed E-state index contributed by atoms with van der Waals surface area (Å²) < 4.78 is 4.88. The first kappa shape index (κ1) is 12.9. The molecule has 2 heteroatoms. The van der Waals surface area contributed by atoms with E-state index in [1.54, 1.807) is 13.0 Å². The molecule has 0 aliphatic rings. The van der Waals surface area contributed by atoms with Crippen LogP contribution in [0.4, 0.5) is 0 Å². The number of carbonyl (C=O) groups is 1. The Bertz CT molecular complexity index is 204. The van der Waals surface area contributed by atoms with Crippen molar-refractivity contribution in [3.05, 3.63) is 24.3 Å². The third-order valence-electron chi connectivity index (χ3n) is 1.91. The van der Waals surface area contributed by atoms with Crippen LogP contribution >= 0.6 is 0 Å². The van der Waals surface area contributed by atoms with Crippen LogP contribution in [-0.2, 0) is 9.53 Å². The first-order chi connectivity index (χ1) is 6.72. The number of hydrogen-bond acceptors (Lipinski definition) is 2. The number of ether oxygens (including phenoxy) is 1. The van der Waals surface area contributed by atoms with Crippen molar-refractivity contribution in [3.63, 3.8) is 0 Å². The van der Waals surface area contributed by atoms with Gasteiger partial charge in [-0.05, 0) is 19.8 Å². The molecule has 0 rings (SSSR count). The lowest BCUT2D eigenvalue weighted by Crippen LogP contribution is -2.05. The van der Waals surface area contributed by atoms with Gasteiger partial charge in [-0.3, -0.25) is 0 Å². The summed E-state index contributed by atoms with van der Waals surface area (Å²) >= 11 is 0. The fourth-order valence-corrected chi connectivity index (χ4v) is 1.04. The summed E-state index contributed by atoms with van der Waals surface area (Å²) in [4.78, 5) is 11.2. The van der Waals surface area contributed by atoms with E-state index in [4.69, 9.17) is 4.74 Å². The van der Waals surface area contributed by atoms with Gasteiger partial charge in [0.25, 0.3) is 0 Å². The van der Waals surface area contributed by atoms with Gasteiger partial charge in [-0.25, -0.2) is 4.79 Å². The lowest BCUT2D eigenvalue weighted by Gasteiger charge is -2.01. The Morgan fingerprint density at radius 1 is 1.43 bits per heavy atom. The molecule has 0 saturated heterocycles. The maximum atomic E-state index is 11.2. The summed E-state index contributed by atoms with van der Waals surface area (Å²) in [6.07, 6.45) is 8.04. The summed E-state index contributed by atoms with van der Waals surface area (Å²) in [5, 5.41) is 0. The molecule has 0 aromatic rings. The molecule has 2 nitrogen and oxygen atoms in total. The molecule has 80 valence electrons. The van der Waals surface area contributed by atoms with E-state index in [0.29, 0.717) is 12.2 Å². The second-order valence-electron chi connectivity index (χ2n) is 3.27. The third-order valence-corrected chi connectivity index (χ3v) is 1.91. The highest BCUT2D eigenvalue weighted by Gasteiger charge is 2.02. The molecule has 0 aromatic heterocycles. The van der Waals surface area contributed by atoms with Crippen LogP contribution in [0.5, 0.6) is 0 Å². The van der Waals surface area contributed by atoms with Gasteiger partial charge in [-0.1, -0.05) is 38.5 Å². The highest BCUT2D eigenvalue weighted by atomic mass is 16.5. The number of hydrogen-bond donors (Lipinski definition) is 0. The van der Waals surface area contributed by atoms with Crippen LogP contribution in [-0.4, -0.2) is 12.6 Å². The molecule has 0 N–H and O–H groups in total. The average Bonchev–Trinajstić information content (AvgIpc) is 2.20. The van der Waals surface area contributed by atoms with E-state index in [0.717, 1.165) is 12.8 Å². The molecule has 0 saturated carbocycles. The van der Waals surface area contributed by atoms with Crippen molar-refractivity contribution in [2.45, 2.75) is 39.5 Å². The van der Waals surface area contributed by atoms with Crippen LogP contribution in [0, 0.1) is 0 Å². The van der Waals surface area contributed by atoms with Gasteiger partial charge in [0.05, 0.1) is 0 Å². The molecule has 0 amide bonds. The maximum absolute atomic E-state index is 11.2. The Labute approximate surface area is 86.6 Å². The molecular formula is C12H20O2. The lowest BCUT2D eigenvalue weighted by molar-refractivity contribution is -0.137. The Morgan fingerprint density at radius 3 is 2.71 bits per heavy atom. The number of carbonyl (C=O) groups excluding carboxylic acids is 1. The number of rotatable bonds is 7. The Balaban J connectivity index is 3.73. The zero-order valence-corrected chi connectivity index (χ0v) is 9.21. The van der Waals surface area contributed by atoms with E-state index in [1.165, 1.54) is 12.8 Å². The second-order valence-corrected chi connectivity index (χ2v) is 3.27. The molecular weight excluding hydrogens is 176 g/mol. The van der Waals surface area contributed by atoms with Gasteiger partial charge in [0.1, 0.15) is 6.61 Å². The summed E-state index contributed by atoms with van der Waals surface area (Å²) in [7, 11) is 0. The molecule has 0 aliphatic carbocycles. The highest BCUT2D eigenvalue weighted by molar-refractivity contribution is 5.87. The van der Waals surface area contributed by atoms with Crippen LogP contribution in [0.15, 0.2) is 24.3 Å². The molecule has 0 aromatic carbocycles. The molecule has 0 spiro atoms. The summed E-state index contributed by atoms with van der Waals surface area (Å²) in [6, 6.07) is 0. The SMILES string of the molecule is C=CCOC(=O)/C(C)=C\CCCCC. The first-order valence-corrected chi connectivity index (χ1v) is 5.17. The largest absolute Gasteiger partial charge is 0.458 e. The van der Waals surface area contributed by atoms with Crippen LogP contribution in [0.25, 0.3) is 0 Å². The standard InChI is InChI=1S/C12H20O2/c1-4-6-7-8-9-11(3)12(13)14-10-5-2/h5,9H,2,4,6-8,10H2,1,3H3/b11-9-. The molecule has 0 unspecified atom stereocenters. The predicted octanol–water partition coefficient (Wildman–Crippen LogP) is 3.24. The van der Waals surface area contributed by atoms with Crippen LogP contribution in [0.1, 0.15) is 39.5 Å². The van der Waals surface area contributed by atoms with Gasteiger partial charge in [-0.2, -0.15) is 0 Å². The van der Waals surface area contributed by atoms with Gasteiger partial charge < -0.3 is 4.74 Å². The fourth-order valence-electron chi connectivity index (χ4n) is 1.04. The fraction of sp³-hybridized carbons (Fsp3) is 0.583. The minimum absolute atomic E-state index is 0.235. The van der Waals surface area contributed by atoms with Gasteiger partial charge in [0, 0.05) is 5.57 Å². The molecule has 0 bridgehead atoms. The topological polar surface area (TPSA) is 26.3 Å². The number of unbranched alkanes of at least 4 members (excludes halogenated alkanes) is 3. The van der Waals surface area contributed by atoms with Crippen molar-refractivity contribution in [3.8, 4) is 0 Å². The first-order valence-electron chi connectivity index (χ1n) is 5.17. The Morgan fingerprint density at radius 2 is 2.14 bits per heavy atom. The highest BCUT2D eigenvalue weighted by Crippen LogP contribution is 2.04. The van der Waals surface area contributed by atoms with Crippen molar-refractivity contribution >= 4 is 5.97 Å². The van der Waals surface area contributed by atoms with Gasteiger partial charge in [0.2, 0.25) is 0 Å². The Kier molecular flexibility index (Phi) is 7.90. The predicted molar refractivity (Wildman–Crippen MR) is 59.1 cm³/mol. The van der Waals surface area contributed by atoms with Crippen molar-refractivity contribution < 1.29 is 9.53 Å². The summed E-state index contributed by atoms with van der Waals surface area (Å²) in [6.45, 7) is 7.72. The molecule has 0 radical (unpaired) electrons. The van der Waals surface area contributed by atoms with Crippen LogP contribution in [0.2, 0.25) is 0 Å². The van der Waals surface area contributed by atoms with Gasteiger partial charge >= 0.3 is 5.97 Å². The van der Waals surface area contributed by atoms with E-state index in [-0.39, 0.29) is 5.97 Å². The average molecular weight is 196 g/mol. The lowest BCUT2D eigenvalue weighted by atomic mass is 10.1. The summed E-state index contributed by atoms with van der Waals surface area (Å²) in [5.74, 6) is -0.235. The Hall–Kier alpha value is -1.05. The van der Waals surface area contributed by atoms with E-state index in [1.807, 2.05) is 6.08 Å². The van der Waals surface area contributed by atoms with Gasteiger partial charge in [0.15, 0.2) is 0 Å². The molecule has 14 heavy (non-hydrogen) atoms. The minimum Gasteiger partial charge on any atom is -0.458 e. The van der Waals surface area contributed by atoms with Gasteiger partial charge in [-0.15, -0.1) is 0 Å².